The standard InChI is InChI=1S/C17H24N2O3/c20-17(19-10-4-2-1-3-5-11-19)18-9-8-14-6-7-15-16(12-14)22-13-21-15/h6-7,12H,1-5,8-11,13H2,(H,18,20). The molecule has 22 heavy (non-hydrogen) atoms. The van der Waals surface area contributed by atoms with Crippen molar-refractivity contribution in [3.8, 4) is 11.5 Å². The molecule has 120 valence electrons. The van der Waals surface area contributed by atoms with Crippen molar-refractivity contribution in [2.45, 2.75) is 38.5 Å². The zero-order chi connectivity index (χ0) is 15.2. The van der Waals surface area contributed by atoms with Crippen molar-refractivity contribution >= 4 is 6.03 Å². The van der Waals surface area contributed by atoms with Crippen LogP contribution in [0, 0.1) is 0 Å². The van der Waals surface area contributed by atoms with Crippen LogP contribution in [-0.2, 0) is 6.42 Å². The summed E-state index contributed by atoms with van der Waals surface area (Å²) in [6.07, 6.45) is 6.82. The van der Waals surface area contributed by atoms with Gasteiger partial charge in [0, 0.05) is 19.6 Å². The normalized spacial score (nSPS) is 17.7. The summed E-state index contributed by atoms with van der Waals surface area (Å²) in [6.45, 7) is 2.71. The van der Waals surface area contributed by atoms with E-state index in [4.69, 9.17) is 9.47 Å². The zero-order valence-electron chi connectivity index (χ0n) is 13.0. The number of fused-ring (bicyclic) bond motifs is 1. The molecule has 5 heteroatoms. The Labute approximate surface area is 131 Å². The third kappa shape index (κ3) is 3.84. The van der Waals surface area contributed by atoms with Gasteiger partial charge in [0.1, 0.15) is 0 Å². The molecule has 0 atom stereocenters. The molecular weight excluding hydrogens is 280 g/mol. The summed E-state index contributed by atoms with van der Waals surface area (Å²) in [5.74, 6) is 1.60. The monoisotopic (exact) mass is 304 g/mol. The van der Waals surface area contributed by atoms with Gasteiger partial charge in [-0.3, -0.25) is 0 Å². The number of rotatable bonds is 3. The molecule has 2 aliphatic heterocycles. The van der Waals surface area contributed by atoms with Crippen LogP contribution in [0.5, 0.6) is 11.5 Å². The first-order valence-corrected chi connectivity index (χ1v) is 8.24. The molecule has 1 aromatic rings. The predicted molar refractivity (Wildman–Crippen MR) is 84.3 cm³/mol. The zero-order valence-corrected chi connectivity index (χ0v) is 13.0. The van der Waals surface area contributed by atoms with E-state index < -0.39 is 0 Å². The van der Waals surface area contributed by atoms with Crippen LogP contribution in [-0.4, -0.2) is 37.4 Å². The summed E-state index contributed by atoms with van der Waals surface area (Å²) in [4.78, 5) is 14.2. The minimum atomic E-state index is 0.0719. The van der Waals surface area contributed by atoms with Crippen LogP contribution in [0.1, 0.15) is 37.7 Å². The van der Waals surface area contributed by atoms with Gasteiger partial charge in [-0.15, -0.1) is 0 Å². The topological polar surface area (TPSA) is 50.8 Å². The Bertz CT molecular complexity index is 511. The molecule has 0 bridgehead atoms. The summed E-state index contributed by atoms with van der Waals surface area (Å²) >= 11 is 0. The Balaban J connectivity index is 1.44. The van der Waals surface area contributed by atoms with E-state index in [9.17, 15) is 4.79 Å². The number of carbonyl (C=O) groups excluding carboxylic acids is 1. The Morgan fingerprint density at radius 2 is 1.77 bits per heavy atom. The van der Waals surface area contributed by atoms with Crippen LogP contribution in [0.15, 0.2) is 18.2 Å². The average Bonchev–Trinajstić information content (AvgIpc) is 2.94. The molecule has 2 aliphatic rings. The molecule has 2 amide bonds. The molecule has 2 heterocycles. The van der Waals surface area contributed by atoms with Gasteiger partial charge in [-0.2, -0.15) is 0 Å². The van der Waals surface area contributed by atoms with Crippen molar-refractivity contribution in [2.24, 2.45) is 0 Å². The highest BCUT2D eigenvalue weighted by atomic mass is 16.7. The van der Waals surface area contributed by atoms with Crippen molar-refractivity contribution in [2.75, 3.05) is 26.4 Å². The number of likely N-dealkylation sites (tertiary alicyclic amines) is 1. The van der Waals surface area contributed by atoms with Crippen LogP contribution in [0.4, 0.5) is 4.79 Å². The Morgan fingerprint density at radius 1 is 1.05 bits per heavy atom. The van der Waals surface area contributed by atoms with E-state index in [0.29, 0.717) is 13.3 Å². The highest BCUT2D eigenvalue weighted by Gasteiger charge is 2.15. The van der Waals surface area contributed by atoms with Crippen molar-refractivity contribution in [3.63, 3.8) is 0 Å². The molecule has 1 aromatic carbocycles. The lowest BCUT2D eigenvalue weighted by Gasteiger charge is -2.25. The number of amides is 2. The van der Waals surface area contributed by atoms with Gasteiger partial charge in [-0.1, -0.05) is 25.3 Å². The average molecular weight is 304 g/mol. The molecule has 0 aromatic heterocycles. The smallest absolute Gasteiger partial charge is 0.317 e. The number of nitrogens with one attached hydrogen (secondary N) is 1. The van der Waals surface area contributed by atoms with Crippen LogP contribution in [0.3, 0.4) is 0 Å². The highest BCUT2D eigenvalue weighted by molar-refractivity contribution is 5.74. The number of benzene rings is 1. The van der Waals surface area contributed by atoms with Gasteiger partial charge < -0.3 is 19.7 Å². The molecule has 0 spiro atoms. The summed E-state index contributed by atoms with van der Waals surface area (Å²) in [5, 5.41) is 3.03. The van der Waals surface area contributed by atoms with Gasteiger partial charge >= 0.3 is 6.03 Å². The van der Waals surface area contributed by atoms with Crippen molar-refractivity contribution in [1.29, 1.82) is 0 Å². The van der Waals surface area contributed by atoms with E-state index in [1.54, 1.807) is 0 Å². The fourth-order valence-electron chi connectivity index (χ4n) is 2.97. The summed E-state index contributed by atoms with van der Waals surface area (Å²) < 4.78 is 10.7. The molecule has 1 fully saturated rings. The highest BCUT2D eigenvalue weighted by Crippen LogP contribution is 2.32. The summed E-state index contributed by atoms with van der Waals surface area (Å²) in [6, 6.07) is 6.01. The first kappa shape index (κ1) is 15.0. The van der Waals surface area contributed by atoms with E-state index in [1.807, 2.05) is 23.1 Å². The molecule has 0 unspecified atom stereocenters. The van der Waals surface area contributed by atoms with E-state index in [-0.39, 0.29) is 6.03 Å². The van der Waals surface area contributed by atoms with E-state index in [0.717, 1.165) is 49.4 Å². The number of hydrogen-bond donors (Lipinski definition) is 1. The second kappa shape index (κ2) is 7.38. The molecule has 3 rings (SSSR count). The lowest BCUT2D eigenvalue weighted by atomic mass is 10.1. The van der Waals surface area contributed by atoms with Crippen molar-refractivity contribution in [3.05, 3.63) is 23.8 Å². The number of nitrogens with zero attached hydrogens (tertiary/aromatic N) is 1. The predicted octanol–water partition coefficient (Wildman–Crippen LogP) is 2.93. The second-order valence-electron chi connectivity index (χ2n) is 5.92. The first-order chi connectivity index (χ1) is 10.8. The van der Waals surface area contributed by atoms with Crippen LogP contribution in [0.25, 0.3) is 0 Å². The van der Waals surface area contributed by atoms with E-state index in [2.05, 4.69) is 5.32 Å². The molecule has 5 nitrogen and oxygen atoms in total. The van der Waals surface area contributed by atoms with Gasteiger partial charge in [0.2, 0.25) is 6.79 Å². The minimum absolute atomic E-state index is 0.0719. The molecule has 0 aliphatic carbocycles. The fourth-order valence-corrected chi connectivity index (χ4v) is 2.97. The van der Waals surface area contributed by atoms with Crippen molar-refractivity contribution < 1.29 is 14.3 Å². The van der Waals surface area contributed by atoms with Gasteiger partial charge in [0.25, 0.3) is 0 Å². The fraction of sp³-hybridized carbons (Fsp3) is 0.588. The maximum Gasteiger partial charge on any atom is 0.317 e. The number of ether oxygens (including phenoxy) is 2. The van der Waals surface area contributed by atoms with Crippen LogP contribution in [0.2, 0.25) is 0 Å². The molecule has 0 saturated carbocycles. The lowest BCUT2D eigenvalue weighted by Crippen LogP contribution is -2.42. The Kier molecular flexibility index (Phi) is 5.03. The van der Waals surface area contributed by atoms with Crippen molar-refractivity contribution in [1.82, 2.24) is 10.2 Å². The Morgan fingerprint density at radius 3 is 2.59 bits per heavy atom. The number of carbonyl (C=O) groups is 1. The quantitative estimate of drug-likeness (QED) is 0.934. The molecule has 1 N–H and O–H groups in total. The molecule has 0 radical (unpaired) electrons. The maximum absolute atomic E-state index is 12.2. The maximum atomic E-state index is 12.2. The van der Waals surface area contributed by atoms with Gasteiger partial charge in [0.15, 0.2) is 11.5 Å². The van der Waals surface area contributed by atoms with Gasteiger partial charge in [-0.05, 0) is 37.0 Å². The van der Waals surface area contributed by atoms with E-state index >= 15 is 0 Å². The number of hydrogen-bond acceptors (Lipinski definition) is 3. The molecular formula is C17H24N2O3. The first-order valence-electron chi connectivity index (χ1n) is 8.24. The summed E-state index contributed by atoms with van der Waals surface area (Å²) in [5.41, 5.74) is 1.15. The third-order valence-corrected chi connectivity index (χ3v) is 4.27. The Hall–Kier alpha value is -1.91. The molecule has 1 saturated heterocycles. The van der Waals surface area contributed by atoms with Gasteiger partial charge in [0.05, 0.1) is 0 Å². The third-order valence-electron chi connectivity index (χ3n) is 4.27. The lowest BCUT2D eigenvalue weighted by molar-refractivity contribution is 0.174. The summed E-state index contributed by atoms with van der Waals surface area (Å²) in [7, 11) is 0. The van der Waals surface area contributed by atoms with Crippen LogP contribution >= 0.6 is 0 Å². The largest absolute Gasteiger partial charge is 0.454 e. The minimum Gasteiger partial charge on any atom is -0.454 e. The second-order valence-corrected chi connectivity index (χ2v) is 5.92. The number of urea groups is 1. The SMILES string of the molecule is O=C(NCCc1ccc2c(c1)OCO2)N1CCCCCCC1. The van der Waals surface area contributed by atoms with E-state index in [1.165, 1.54) is 19.3 Å². The van der Waals surface area contributed by atoms with Gasteiger partial charge in [-0.25, -0.2) is 4.79 Å². The van der Waals surface area contributed by atoms with Crippen LogP contribution < -0.4 is 14.8 Å².